The van der Waals surface area contributed by atoms with E-state index in [4.69, 9.17) is 5.11 Å². The lowest BCUT2D eigenvalue weighted by molar-refractivity contribution is -0.122. The predicted molar refractivity (Wildman–Crippen MR) is 60.5 cm³/mol. The molecule has 1 fully saturated rings. The molecule has 1 amide bonds. The van der Waals surface area contributed by atoms with Crippen molar-refractivity contribution >= 4 is 5.91 Å². The Hall–Kier alpha value is -0.570. The van der Waals surface area contributed by atoms with Crippen LogP contribution in [0.1, 0.15) is 51.9 Å². The molecule has 1 aliphatic carbocycles. The maximum Gasteiger partial charge on any atom is 0.220 e. The van der Waals surface area contributed by atoms with Gasteiger partial charge in [0.15, 0.2) is 0 Å². The van der Waals surface area contributed by atoms with Gasteiger partial charge in [0.1, 0.15) is 0 Å². The summed E-state index contributed by atoms with van der Waals surface area (Å²) in [5.41, 5.74) is 0. The lowest BCUT2D eigenvalue weighted by Crippen LogP contribution is -2.40. The minimum absolute atomic E-state index is 0.142. The van der Waals surface area contributed by atoms with Gasteiger partial charge in [-0.05, 0) is 31.6 Å². The van der Waals surface area contributed by atoms with Crippen molar-refractivity contribution in [1.29, 1.82) is 0 Å². The standard InChI is InChI=1S/C12H23NO2/c1-2-5-12(15)13-11(8-9-14)10-6-3-4-7-10/h10-11,14H,2-9H2,1H3,(H,13,15). The molecule has 1 saturated carbocycles. The van der Waals surface area contributed by atoms with Gasteiger partial charge < -0.3 is 10.4 Å². The molecular formula is C12H23NO2. The van der Waals surface area contributed by atoms with Crippen LogP contribution in [-0.4, -0.2) is 23.7 Å². The predicted octanol–water partition coefficient (Wildman–Crippen LogP) is 1.84. The van der Waals surface area contributed by atoms with Gasteiger partial charge in [0.05, 0.1) is 0 Å². The van der Waals surface area contributed by atoms with Gasteiger partial charge in [-0.3, -0.25) is 4.79 Å². The molecule has 0 aliphatic heterocycles. The van der Waals surface area contributed by atoms with Crippen molar-refractivity contribution in [3.63, 3.8) is 0 Å². The number of carbonyl (C=O) groups excluding carboxylic acids is 1. The number of carbonyl (C=O) groups is 1. The Kier molecular flexibility index (Phi) is 5.69. The highest BCUT2D eigenvalue weighted by Gasteiger charge is 2.25. The van der Waals surface area contributed by atoms with Crippen LogP contribution < -0.4 is 5.32 Å². The average Bonchev–Trinajstić information content (AvgIpc) is 2.70. The van der Waals surface area contributed by atoms with Crippen molar-refractivity contribution < 1.29 is 9.90 Å². The molecule has 0 aromatic rings. The molecule has 0 aromatic heterocycles. The normalized spacial score (nSPS) is 19.1. The van der Waals surface area contributed by atoms with Gasteiger partial charge in [0.25, 0.3) is 0 Å². The van der Waals surface area contributed by atoms with E-state index >= 15 is 0 Å². The highest BCUT2D eigenvalue weighted by molar-refractivity contribution is 5.76. The number of hydrogen-bond donors (Lipinski definition) is 2. The molecule has 0 saturated heterocycles. The van der Waals surface area contributed by atoms with Crippen molar-refractivity contribution in [3.05, 3.63) is 0 Å². The summed E-state index contributed by atoms with van der Waals surface area (Å²) in [5.74, 6) is 0.737. The number of aliphatic hydroxyl groups is 1. The van der Waals surface area contributed by atoms with Gasteiger partial charge in [-0.1, -0.05) is 19.8 Å². The third kappa shape index (κ3) is 4.20. The monoisotopic (exact) mass is 213 g/mol. The Morgan fingerprint density at radius 1 is 1.47 bits per heavy atom. The van der Waals surface area contributed by atoms with Crippen LogP contribution in [0, 0.1) is 5.92 Å². The fourth-order valence-electron chi connectivity index (χ4n) is 2.43. The molecule has 1 atom stereocenters. The summed E-state index contributed by atoms with van der Waals surface area (Å²) >= 11 is 0. The van der Waals surface area contributed by atoms with Crippen molar-refractivity contribution in [2.45, 2.75) is 57.9 Å². The summed E-state index contributed by atoms with van der Waals surface area (Å²) in [7, 11) is 0. The van der Waals surface area contributed by atoms with E-state index < -0.39 is 0 Å². The van der Waals surface area contributed by atoms with Crippen LogP contribution in [0.3, 0.4) is 0 Å². The third-order valence-electron chi connectivity index (χ3n) is 3.23. The van der Waals surface area contributed by atoms with Gasteiger partial charge in [-0.2, -0.15) is 0 Å². The first kappa shape index (κ1) is 12.5. The molecule has 1 aliphatic rings. The summed E-state index contributed by atoms with van der Waals surface area (Å²) in [6.07, 6.45) is 7.16. The van der Waals surface area contributed by atoms with Crippen LogP contribution in [0.25, 0.3) is 0 Å². The SMILES string of the molecule is CCCC(=O)NC(CCO)C1CCCC1. The number of amides is 1. The van der Waals surface area contributed by atoms with Crippen molar-refractivity contribution in [3.8, 4) is 0 Å². The van der Waals surface area contributed by atoms with Crippen molar-refractivity contribution in [2.24, 2.45) is 5.92 Å². The Morgan fingerprint density at radius 3 is 2.67 bits per heavy atom. The molecule has 0 aromatic carbocycles. The lowest BCUT2D eigenvalue weighted by atomic mass is 9.95. The lowest BCUT2D eigenvalue weighted by Gasteiger charge is -2.23. The minimum atomic E-state index is 0.142. The quantitative estimate of drug-likeness (QED) is 0.707. The zero-order valence-electron chi connectivity index (χ0n) is 9.67. The largest absolute Gasteiger partial charge is 0.396 e. The fraction of sp³-hybridized carbons (Fsp3) is 0.917. The van der Waals surface area contributed by atoms with E-state index in [-0.39, 0.29) is 18.6 Å². The molecule has 1 unspecified atom stereocenters. The second-order valence-corrected chi connectivity index (χ2v) is 4.48. The summed E-state index contributed by atoms with van der Waals surface area (Å²) in [6.45, 7) is 2.18. The maximum atomic E-state index is 11.5. The Labute approximate surface area is 92.3 Å². The van der Waals surface area contributed by atoms with Crippen molar-refractivity contribution in [2.75, 3.05) is 6.61 Å². The molecule has 0 radical (unpaired) electrons. The Balaban J connectivity index is 2.38. The maximum absolute atomic E-state index is 11.5. The topological polar surface area (TPSA) is 49.3 Å². The van der Waals surface area contributed by atoms with E-state index in [0.29, 0.717) is 18.8 Å². The van der Waals surface area contributed by atoms with Crippen LogP contribution in [0.15, 0.2) is 0 Å². The van der Waals surface area contributed by atoms with Gasteiger partial charge in [0, 0.05) is 19.1 Å². The molecule has 0 bridgehead atoms. The molecular weight excluding hydrogens is 190 g/mol. The third-order valence-corrected chi connectivity index (χ3v) is 3.23. The smallest absolute Gasteiger partial charge is 0.220 e. The summed E-state index contributed by atoms with van der Waals surface area (Å²) < 4.78 is 0. The van der Waals surface area contributed by atoms with Crippen LogP contribution in [0.2, 0.25) is 0 Å². The summed E-state index contributed by atoms with van der Waals surface area (Å²) in [5, 5.41) is 12.1. The molecule has 3 nitrogen and oxygen atoms in total. The van der Waals surface area contributed by atoms with Gasteiger partial charge in [0.2, 0.25) is 5.91 Å². The first-order valence-electron chi connectivity index (χ1n) is 6.18. The van der Waals surface area contributed by atoms with E-state index in [2.05, 4.69) is 5.32 Å². The first-order valence-corrected chi connectivity index (χ1v) is 6.18. The highest BCUT2D eigenvalue weighted by atomic mass is 16.3. The fourth-order valence-corrected chi connectivity index (χ4v) is 2.43. The van der Waals surface area contributed by atoms with E-state index in [9.17, 15) is 4.79 Å². The van der Waals surface area contributed by atoms with Gasteiger partial charge >= 0.3 is 0 Å². The van der Waals surface area contributed by atoms with E-state index in [1.54, 1.807) is 0 Å². The number of rotatable bonds is 6. The molecule has 2 N–H and O–H groups in total. The average molecular weight is 213 g/mol. The number of hydrogen-bond acceptors (Lipinski definition) is 2. The molecule has 3 heteroatoms. The second kappa shape index (κ2) is 6.83. The van der Waals surface area contributed by atoms with Crippen LogP contribution in [0.4, 0.5) is 0 Å². The zero-order valence-corrected chi connectivity index (χ0v) is 9.67. The van der Waals surface area contributed by atoms with E-state index in [0.717, 1.165) is 6.42 Å². The van der Waals surface area contributed by atoms with Crippen LogP contribution in [0.5, 0.6) is 0 Å². The molecule has 15 heavy (non-hydrogen) atoms. The van der Waals surface area contributed by atoms with Gasteiger partial charge in [-0.15, -0.1) is 0 Å². The molecule has 1 rings (SSSR count). The van der Waals surface area contributed by atoms with Crippen LogP contribution >= 0.6 is 0 Å². The molecule has 0 heterocycles. The highest BCUT2D eigenvalue weighted by Crippen LogP contribution is 2.28. The first-order chi connectivity index (χ1) is 7.27. The Morgan fingerprint density at radius 2 is 2.13 bits per heavy atom. The van der Waals surface area contributed by atoms with E-state index in [1.807, 2.05) is 6.92 Å². The Bertz CT molecular complexity index is 188. The molecule has 88 valence electrons. The number of nitrogens with one attached hydrogen (secondary N) is 1. The summed E-state index contributed by atoms with van der Waals surface area (Å²) in [4.78, 5) is 11.5. The van der Waals surface area contributed by atoms with Gasteiger partial charge in [-0.25, -0.2) is 0 Å². The van der Waals surface area contributed by atoms with Crippen molar-refractivity contribution in [1.82, 2.24) is 5.32 Å². The number of aliphatic hydroxyl groups excluding tert-OH is 1. The summed E-state index contributed by atoms with van der Waals surface area (Å²) in [6, 6.07) is 0.205. The van der Waals surface area contributed by atoms with E-state index in [1.165, 1.54) is 25.7 Å². The zero-order chi connectivity index (χ0) is 11.1. The minimum Gasteiger partial charge on any atom is -0.396 e. The van der Waals surface area contributed by atoms with Crippen LogP contribution in [-0.2, 0) is 4.79 Å². The second-order valence-electron chi connectivity index (χ2n) is 4.48. The molecule has 0 spiro atoms.